The molecule has 5 nitrogen and oxygen atoms in total. The molecule has 136 valence electrons. The molecule has 0 N–H and O–H groups in total. The van der Waals surface area contributed by atoms with Crippen LogP contribution in [0.1, 0.15) is 70.5 Å². The van der Waals surface area contributed by atoms with E-state index in [2.05, 4.69) is 24.8 Å². The summed E-state index contributed by atoms with van der Waals surface area (Å²) < 4.78 is 5.82. The summed E-state index contributed by atoms with van der Waals surface area (Å²) in [4.78, 5) is 21.7. The number of rotatable bonds is 3. The summed E-state index contributed by atoms with van der Waals surface area (Å²) in [6.07, 6.45) is 7.66. The minimum absolute atomic E-state index is 0.223. The number of hydrogen-bond donors (Lipinski definition) is 0. The van der Waals surface area contributed by atoms with Crippen molar-refractivity contribution in [2.75, 3.05) is 18.0 Å². The van der Waals surface area contributed by atoms with Gasteiger partial charge in [0.25, 0.3) is 0 Å². The van der Waals surface area contributed by atoms with Gasteiger partial charge in [0.05, 0.1) is 18.3 Å². The van der Waals surface area contributed by atoms with Crippen LogP contribution in [0.5, 0.6) is 0 Å². The number of pyridine rings is 1. The molecule has 3 fully saturated rings. The third-order valence-corrected chi connectivity index (χ3v) is 6.07. The monoisotopic (exact) mass is 343 g/mol. The molecular weight excluding hydrogens is 314 g/mol. The number of carbonyl (C=O) groups excluding carboxylic acids is 1. The van der Waals surface area contributed by atoms with E-state index in [4.69, 9.17) is 9.72 Å². The second-order valence-corrected chi connectivity index (χ2v) is 8.11. The highest BCUT2D eigenvalue weighted by Crippen LogP contribution is 2.39. The van der Waals surface area contributed by atoms with Gasteiger partial charge >= 0.3 is 6.09 Å². The molecule has 3 heterocycles. The van der Waals surface area contributed by atoms with Gasteiger partial charge < -0.3 is 4.74 Å². The van der Waals surface area contributed by atoms with Crippen LogP contribution in [0.15, 0.2) is 18.2 Å². The summed E-state index contributed by atoms with van der Waals surface area (Å²) in [5, 5.41) is 0. The van der Waals surface area contributed by atoms with Crippen LogP contribution in [-0.2, 0) is 4.74 Å². The van der Waals surface area contributed by atoms with E-state index in [1.54, 1.807) is 4.90 Å². The van der Waals surface area contributed by atoms with Crippen molar-refractivity contribution in [3.8, 4) is 0 Å². The Morgan fingerprint density at radius 3 is 2.76 bits per heavy atom. The first-order valence-electron chi connectivity index (χ1n) is 9.81. The zero-order valence-electron chi connectivity index (χ0n) is 15.4. The molecule has 0 radical (unpaired) electrons. The van der Waals surface area contributed by atoms with E-state index in [9.17, 15) is 4.79 Å². The van der Waals surface area contributed by atoms with Crippen LogP contribution in [0, 0.1) is 0 Å². The molecule has 4 rings (SSSR count). The molecule has 0 aromatic carbocycles. The molecule has 1 atom stereocenters. The third kappa shape index (κ3) is 3.14. The average molecular weight is 343 g/mol. The topological polar surface area (TPSA) is 45.7 Å². The lowest BCUT2D eigenvalue weighted by atomic mass is 9.85. The molecule has 0 unspecified atom stereocenters. The van der Waals surface area contributed by atoms with Crippen LogP contribution in [0.25, 0.3) is 0 Å². The Kier molecular flexibility index (Phi) is 4.44. The Bertz CT molecular complexity index is 640. The summed E-state index contributed by atoms with van der Waals surface area (Å²) in [7, 11) is 0. The van der Waals surface area contributed by atoms with Crippen molar-refractivity contribution < 1.29 is 9.53 Å². The molecule has 1 saturated carbocycles. The number of anilines is 1. The van der Waals surface area contributed by atoms with Gasteiger partial charge in [0.2, 0.25) is 0 Å². The quantitative estimate of drug-likeness (QED) is 0.821. The standard InChI is InChI=1S/C20H29N3O2/c1-15(2)22-13-7-9-17(22)16-8-6-10-18(21-16)23-14-20(25-19(23)24)11-4-3-5-12-20/h6,8,10,15,17H,3-5,7,9,11-14H2,1-2H3/t17-/m0/s1. The zero-order chi connectivity index (χ0) is 17.4. The second kappa shape index (κ2) is 6.60. The number of hydrogen-bond acceptors (Lipinski definition) is 4. The highest BCUT2D eigenvalue weighted by molar-refractivity contribution is 5.89. The van der Waals surface area contributed by atoms with E-state index in [-0.39, 0.29) is 11.7 Å². The van der Waals surface area contributed by atoms with E-state index in [0.29, 0.717) is 18.6 Å². The number of likely N-dealkylation sites (tertiary alicyclic amines) is 1. The normalized spacial score (nSPS) is 26.6. The number of amides is 1. The largest absolute Gasteiger partial charge is 0.441 e. The molecule has 1 aliphatic carbocycles. The van der Waals surface area contributed by atoms with Crippen molar-refractivity contribution >= 4 is 11.9 Å². The van der Waals surface area contributed by atoms with E-state index >= 15 is 0 Å². The van der Waals surface area contributed by atoms with Gasteiger partial charge in [-0.05, 0) is 71.0 Å². The fourth-order valence-electron chi connectivity index (χ4n) is 4.76. The van der Waals surface area contributed by atoms with E-state index in [1.165, 1.54) is 12.8 Å². The number of carbonyl (C=O) groups is 1. The van der Waals surface area contributed by atoms with E-state index < -0.39 is 0 Å². The Morgan fingerprint density at radius 1 is 1.20 bits per heavy atom. The summed E-state index contributed by atoms with van der Waals surface area (Å²) in [5.74, 6) is 0.751. The molecule has 1 spiro atoms. The van der Waals surface area contributed by atoms with Crippen LogP contribution >= 0.6 is 0 Å². The Morgan fingerprint density at radius 2 is 2.00 bits per heavy atom. The lowest BCUT2D eigenvalue weighted by molar-refractivity contribution is 0.0260. The molecule has 1 aromatic rings. The minimum Gasteiger partial charge on any atom is -0.441 e. The first kappa shape index (κ1) is 16.8. The van der Waals surface area contributed by atoms with E-state index in [0.717, 1.165) is 50.2 Å². The molecule has 5 heteroatoms. The molecule has 1 aromatic heterocycles. The Balaban J connectivity index is 1.56. The predicted octanol–water partition coefficient (Wildman–Crippen LogP) is 4.29. The fourth-order valence-corrected chi connectivity index (χ4v) is 4.76. The molecular formula is C20H29N3O2. The maximum atomic E-state index is 12.5. The van der Waals surface area contributed by atoms with Crippen molar-refractivity contribution in [3.63, 3.8) is 0 Å². The first-order chi connectivity index (χ1) is 12.1. The maximum Gasteiger partial charge on any atom is 0.416 e. The summed E-state index contributed by atoms with van der Waals surface area (Å²) in [6, 6.07) is 6.96. The van der Waals surface area contributed by atoms with Crippen molar-refractivity contribution in [2.24, 2.45) is 0 Å². The number of nitrogens with zero attached hydrogens (tertiary/aromatic N) is 3. The molecule has 2 saturated heterocycles. The molecule has 3 aliphatic rings. The summed E-state index contributed by atoms with van der Waals surface area (Å²) in [6.45, 7) is 6.27. The Labute approximate surface area is 150 Å². The van der Waals surface area contributed by atoms with Crippen LogP contribution in [0.4, 0.5) is 10.6 Å². The zero-order valence-corrected chi connectivity index (χ0v) is 15.4. The molecule has 25 heavy (non-hydrogen) atoms. The first-order valence-corrected chi connectivity index (χ1v) is 9.81. The molecule has 2 aliphatic heterocycles. The lowest BCUT2D eigenvalue weighted by Gasteiger charge is -2.30. The summed E-state index contributed by atoms with van der Waals surface area (Å²) >= 11 is 0. The van der Waals surface area contributed by atoms with Crippen LogP contribution in [0.3, 0.4) is 0 Å². The lowest BCUT2D eigenvalue weighted by Crippen LogP contribution is -2.36. The van der Waals surface area contributed by atoms with Gasteiger partial charge in [-0.1, -0.05) is 12.5 Å². The van der Waals surface area contributed by atoms with E-state index in [1.807, 2.05) is 12.1 Å². The smallest absolute Gasteiger partial charge is 0.416 e. The highest BCUT2D eigenvalue weighted by atomic mass is 16.6. The highest BCUT2D eigenvalue weighted by Gasteiger charge is 2.46. The molecule has 1 amide bonds. The van der Waals surface area contributed by atoms with Crippen LogP contribution in [0.2, 0.25) is 0 Å². The Hall–Kier alpha value is -1.62. The van der Waals surface area contributed by atoms with Crippen LogP contribution in [-0.4, -0.2) is 40.7 Å². The van der Waals surface area contributed by atoms with Gasteiger partial charge in [0.1, 0.15) is 11.4 Å². The van der Waals surface area contributed by atoms with Gasteiger partial charge in [-0.15, -0.1) is 0 Å². The van der Waals surface area contributed by atoms with Crippen molar-refractivity contribution in [1.29, 1.82) is 0 Å². The fraction of sp³-hybridized carbons (Fsp3) is 0.700. The second-order valence-electron chi connectivity index (χ2n) is 8.11. The van der Waals surface area contributed by atoms with Gasteiger partial charge in [-0.3, -0.25) is 9.80 Å². The van der Waals surface area contributed by atoms with Crippen LogP contribution < -0.4 is 4.90 Å². The van der Waals surface area contributed by atoms with Gasteiger partial charge in [-0.2, -0.15) is 0 Å². The van der Waals surface area contributed by atoms with Gasteiger partial charge in [0.15, 0.2) is 0 Å². The van der Waals surface area contributed by atoms with Gasteiger partial charge in [0, 0.05) is 6.04 Å². The summed E-state index contributed by atoms with van der Waals surface area (Å²) in [5.41, 5.74) is 0.811. The average Bonchev–Trinajstić information content (AvgIpc) is 3.21. The van der Waals surface area contributed by atoms with Gasteiger partial charge in [-0.25, -0.2) is 9.78 Å². The number of aromatic nitrogens is 1. The van der Waals surface area contributed by atoms with Crippen molar-refractivity contribution in [2.45, 2.75) is 76.5 Å². The third-order valence-electron chi connectivity index (χ3n) is 6.07. The maximum absolute atomic E-state index is 12.5. The number of ether oxygens (including phenoxy) is 1. The SMILES string of the molecule is CC(C)N1CCC[C@H]1c1cccc(N2CC3(CCCCC3)OC2=O)n1. The van der Waals surface area contributed by atoms with Crippen molar-refractivity contribution in [1.82, 2.24) is 9.88 Å². The molecule has 0 bridgehead atoms. The minimum atomic E-state index is -0.273. The van der Waals surface area contributed by atoms with Crippen molar-refractivity contribution in [3.05, 3.63) is 23.9 Å². The predicted molar refractivity (Wildman–Crippen MR) is 97.7 cm³/mol.